The Balaban J connectivity index is 1.88. The molecule has 1 aliphatic rings. The standard InChI is InChI=1S/C11H18N2O/c1-12-7-11-6-10(9-14-11)8-13-4-2-3-5-13/h6,9,12H,2-5,7-8H2,1H3. The van der Waals surface area contributed by atoms with Crippen molar-refractivity contribution in [3.8, 4) is 0 Å². The molecular weight excluding hydrogens is 176 g/mol. The van der Waals surface area contributed by atoms with E-state index in [9.17, 15) is 0 Å². The lowest BCUT2D eigenvalue weighted by Crippen LogP contribution is -2.17. The highest BCUT2D eigenvalue weighted by Crippen LogP contribution is 2.14. The van der Waals surface area contributed by atoms with Gasteiger partial charge in [0.2, 0.25) is 0 Å². The van der Waals surface area contributed by atoms with E-state index in [1.54, 1.807) is 0 Å². The fourth-order valence-electron chi connectivity index (χ4n) is 1.97. The van der Waals surface area contributed by atoms with Crippen molar-refractivity contribution in [2.24, 2.45) is 0 Å². The summed E-state index contributed by atoms with van der Waals surface area (Å²) in [6, 6.07) is 2.15. The minimum absolute atomic E-state index is 0.819. The summed E-state index contributed by atoms with van der Waals surface area (Å²) in [5, 5.41) is 3.08. The lowest BCUT2D eigenvalue weighted by Gasteiger charge is -2.11. The van der Waals surface area contributed by atoms with Gasteiger partial charge in [0.15, 0.2) is 0 Å². The maximum absolute atomic E-state index is 5.43. The molecule has 0 radical (unpaired) electrons. The molecule has 1 fully saturated rings. The molecule has 1 aromatic heterocycles. The molecule has 78 valence electrons. The first-order chi connectivity index (χ1) is 6.88. The summed E-state index contributed by atoms with van der Waals surface area (Å²) in [5.74, 6) is 1.03. The number of nitrogens with one attached hydrogen (secondary N) is 1. The number of hydrogen-bond acceptors (Lipinski definition) is 3. The van der Waals surface area contributed by atoms with Crippen LogP contribution >= 0.6 is 0 Å². The molecule has 14 heavy (non-hydrogen) atoms. The largest absolute Gasteiger partial charge is 0.468 e. The van der Waals surface area contributed by atoms with Crippen molar-refractivity contribution in [3.05, 3.63) is 23.7 Å². The Hall–Kier alpha value is -0.800. The van der Waals surface area contributed by atoms with Gasteiger partial charge in [0, 0.05) is 12.1 Å². The summed E-state index contributed by atoms with van der Waals surface area (Å²) in [4.78, 5) is 2.48. The van der Waals surface area contributed by atoms with Gasteiger partial charge < -0.3 is 9.73 Å². The van der Waals surface area contributed by atoms with Crippen LogP contribution in [-0.2, 0) is 13.1 Å². The lowest BCUT2D eigenvalue weighted by atomic mass is 10.3. The fraction of sp³-hybridized carbons (Fsp3) is 0.636. The second-order valence-electron chi connectivity index (χ2n) is 3.93. The van der Waals surface area contributed by atoms with Crippen LogP contribution in [0.4, 0.5) is 0 Å². The molecule has 1 saturated heterocycles. The van der Waals surface area contributed by atoms with Crippen molar-refractivity contribution in [1.82, 2.24) is 10.2 Å². The van der Waals surface area contributed by atoms with Crippen LogP contribution in [0.5, 0.6) is 0 Å². The van der Waals surface area contributed by atoms with E-state index in [2.05, 4.69) is 16.3 Å². The second kappa shape index (κ2) is 4.62. The zero-order valence-electron chi connectivity index (χ0n) is 8.75. The molecular formula is C11H18N2O. The first-order valence-corrected chi connectivity index (χ1v) is 5.32. The molecule has 1 aromatic rings. The average molecular weight is 194 g/mol. The predicted molar refractivity (Wildman–Crippen MR) is 56.0 cm³/mol. The van der Waals surface area contributed by atoms with Gasteiger partial charge in [-0.2, -0.15) is 0 Å². The van der Waals surface area contributed by atoms with Crippen LogP contribution in [0.2, 0.25) is 0 Å². The Bertz CT molecular complexity index is 277. The van der Waals surface area contributed by atoms with E-state index in [0.29, 0.717) is 0 Å². The van der Waals surface area contributed by atoms with Gasteiger partial charge >= 0.3 is 0 Å². The van der Waals surface area contributed by atoms with Crippen molar-refractivity contribution in [2.45, 2.75) is 25.9 Å². The lowest BCUT2D eigenvalue weighted by molar-refractivity contribution is 0.330. The average Bonchev–Trinajstić information content (AvgIpc) is 2.79. The van der Waals surface area contributed by atoms with Crippen molar-refractivity contribution < 1.29 is 4.42 Å². The van der Waals surface area contributed by atoms with Crippen LogP contribution in [-0.4, -0.2) is 25.0 Å². The molecule has 0 saturated carbocycles. The summed E-state index contributed by atoms with van der Waals surface area (Å²) in [5.41, 5.74) is 1.30. The molecule has 3 nitrogen and oxygen atoms in total. The molecule has 0 amide bonds. The molecule has 3 heteroatoms. The van der Waals surface area contributed by atoms with E-state index < -0.39 is 0 Å². The molecule has 0 bridgehead atoms. The van der Waals surface area contributed by atoms with Crippen molar-refractivity contribution in [3.63, 3.8) is 0 Å². The van der Waals surface area contributed by atoms with Crippen LogP contribution in [0.25, 0.3) is 0 Å². The predicted octanol–water partition coefficient (Wildman–Crippen LogP) is 1.59. The summed E-state index contributed by atoms with van der Waals surface area (Å²) in [6.07, 6.45) is 4.58. The number of rotatable bonds is 4. The Morgan fingerprint density at radius 2 is 2.21 bits per heavy atom. The smallest absolute Gasteiger partial charge is 0.117 e. The zero-order chi connectivity index (χ0) is 9.80. The van der Waals surface area contributed by atoms with Crippen LogP contribution in [0.15, 0.2) is 16.7 Å². The van der Waals surface area contributed by atoms with E-state index in [1.807, 2.05) is 13.3 Å². The highest BCUT2D eigenvalue weighted by molar-refractivity contribution is 5.12. The summed E-state index contributed by atoms with van der Waals surface area (Å²) in [7, 11) is 1.93. The van der Waals surface area contributed by atoms with E-state index in [0.717, 1.165) is 18.8 Å². The second-order valence-corrected chi connectivity index (χ2v) is 3.93. The van der Waals surface area contributed by atoms with Gasteiger partial charge in [-0.3, -0.25) is 4.90 Å². The van der Waals surface area contributed by atoms with E-state index in [4.69, 9.17) is 4.42 Å². The Morgan fingerprint density at radius 1 is 1.43 bits per heavy atom. The van der Waals surface area contributed by atoms with Crippen molar-refractivity contribution in [1.29, 1.82) is 0 Å². The Kier molecular flexibility index (Phi) is 3.22. The highest BCUT2D eigenvalue weighted by Gasteiger charge is 2.12. The molecule has 2 heterocycles. The molecule has 0 aromatic carbocycles. The van der Waals surface area contributed by atoms with E-state index in [1.165, 1.54) is 31.5 Å². The minimum atomic E-state index is 0.819. The number of likely N-dealkylation sites (tertiary alicyclic amines) is 1. The van der Waals surface area contributed by atoms with Crippen LogP contribution in [0.3, 0.4) is 0 Å². The van der Waals surface area contributed by atoms with E-state index >= 15 is 0 Å². The summed E-state index contributed by atoms with van der Waals surface area (Å²) >= 11 is 0. The molecule has 0 unspecified atom stereocenters. The van der Waals surface area contributed by atoms with Gasteiger partial charge in [0.05, 0.1) is 12.8 Å². The van der Waals surface area contributed by atoms with Gasteiger partial charge in [-0.15, -0.1) is 0 Å². The van der Waals surface area contributed by atoms with E-state index in [-0.39, 0.29) is 0 Å². The van der Waals surface area contributed by atoms with Crippen LogP contribution in [0.1, 0.15) is 24.2 Å². The summed E-state index contributed by atoms with van der Waals surface area (Å²) in [6.45, 7) is 4.35. The van der Waals surface area contributed by atoms with Gasteiger partial charge in [-0.25, -0.2) is 0 Å². The number of nitrogens with zero attached hydrogens (tertiary/aromatic N) is 1. The van der Waals surface area contributed by atoms with Crippen molar-refractivity contribution in [2.75, 3.05) is 20.1 Å². The van der Waals surface area contributed by atoms with Crippen LogP contribution < -0.4 is 5.32 Å². The van der Waals surface area contributed by atoms with Crippen molar-refractivity contribution >= 4 is 0 Å². The zero-order valence-corrected chi connectivity index (χ0v) is 8.75. The third-order valence-electron chi connectivity index (χ3n) is 2.66. The monoisotopic (exact) mass is 194 g/mol. The molecule has 1 aliphatic heterocycles. The van der Waals surface area contributed by atoms with Gasteiger partial charge in [-0.05, 0) is 39.0 Å². The molecule has 1 N–H and O–H groups in total. The number of furan rings is 1. The first kappa shape index (κ1) is 9.74. The third kappa shape index (κ3) is 2.36. The maximum atomic E-state index is 5.43. The molecule has 0 aliphatic carbocycles. The third-order valence-corrected chi connectivity index (χ3v) is 2.66. The SMILES string of the molecule is CNCc1cc(CN2CCCC2)co1. The Labute approximate surface area is 85.1 Å². The normalized spacial score (nSPS) is 17.8. The fourth-order valence-corrected chi connectivity index (χ4v) is 1.97. The summed E-state index contributed by atoms with van der Waals surface area (Å²) < 4.78 is 5.43. The van der Waals surface area contributed by atoms with Crippen LogP contribution in [0, 0.1) is 0 Å². The quantitative estimate of drug-likeness (QED) is 0.789. The van der Waals surface area contributed by atoms with Gasteiger partial charge in [0.1, 0.15) is 5.76 Å². The first-order valence-electron chi connectivity index (χ1n) is 5.32. The topological polar surface area (TPSA) is 28.4 Å². The molecule has 0 spiro atoms. The Morgan fingerprint density at radius 3 is 2.93 bits per heavy atom. The maximum Gasteiger partial charge on any atom is 0.117 e. The highest BCUT2D eigenvalue weighted by atomic mass is 16.3. The minimum Gasteiger partial charge on any atom is -0.468 e. The van der Waals surface area contributed by atoms with Gasteiger partial charge in [-0.1, -0.05) is 0 Å². The molecule has 2 rings (SSSR count). The number of hydrogen-bond donors (Lipinski definition) is 1. The molecule has 0 atom stereocenters. The van der Waals surface area contributed by atoms with Gasteiger partial charge in [0.25, 0.3) is 0 Å².